The first-order valence-corrected chi connectivity index (χ1v) is 6.92. The summed E-state index contributed by atoms with van der Waals surface area (Å²) in [5, 5.41) is 12.8. The molecule has 104 valence electrons. The summed E-state index contributed by atoms with van der Waals surface area (Å²) in [6, 6.07) is 5.09. The average Bonchev–Trinajstić information content (AvgIpc) is 2.89. The first-order valence-electron chi connectivity index (χ1n) is 6.92. The number of rotatable bonds is 4. The Morgan fingerprint density at radius 2 is 2.16 bits per heavy atom. The molecule has 4 nitrogen and oxygen atoms in total. The molecule has 0 spiro atoms. The third-order valence-electron chi connectivity index (χ3n) is 3.94. The predicted molar refractivity (Wildman–Crippen MR) is 75.1 cm³/mol. The van der Waals surface area contributed by atoms with E-state index in [1.165, 1.54) is 12.8 Å². The first kappa shape index (κ1) is 13.9. The fraction of sp³-hybridized carbons (Fsp3) is 0.533. The number of amides is 1. The second-order valence-corrected chi connectivity index (χ2v) is 5.38. The van der Waals surface area contributed by atoms with Crippen molar-refractivity contribution < 1.29 is 9.90 Å². The van der Waals surface area contributed by atoms with Gasteiger partial charge in [-0.1, -0.05) is 18.9 Å². The minimum Gasteiger partial charge on any atom is -0.507 e. The molecule has 1 amide bonds. The van der Waals surface area contributed by atoms with E-state index in [4.69, 9.17) is 5.73 Å². The van der Waals surface area contributed by atoms with Crippen molar-refractivity contribution in [1.29, 1.82) is 0 Å². The molecule has 1 aromatic carbocycles. The minimum absolute atomic E-state index is 0.00991. The van der Waals surface area contributed by atoms with E-state index in [0.29, 0.717) is 18.0 Å². The Hall–Kier alpha value is -1.55. The molecule has 1 fully saturated rings. The Balaban J connectivity index is 2.06. The minimum atomic E-state index is -0.236. The van der Waals surface area contributed by atoms with E-state index in [-0.39, 0.29) is 17.7 Å². The number of hydrogen-bond donors (Lipinski definition) is 3. The maximum Gasteiger partial charge on any atom is 0.255 e. The molecule has 0 aliphatic heterocycles. The zero-order valence-corrected chi connectivity index (χ0v) is 11.4. The quantitative estimate of drug-likeness (QED) is 0.776. The molecule has 1 atom stereocenters. The lowest BCUT2D eigenvalue weighted by molar-refractivity contribution is 0.0921. The number of aromatic hydroxyl groups is 1. The first-order chi connectivity index (χ1) is 9.11. The number of nitrogens with two attached hydrogens (primary N) is 1. The number of benzene rings is 1. The van der Waals surface area contributed by atoms with Gasteiger partial charge in [0.15, 0.2) is 0 Å². The zero-order chi connectivity index (χ0) is 13.8. The van der Waals surface area contributed by atoms with E-state index in [2.05, 4.69) is 5.32 Å². The maximum atomic E-state index is 12.2. The van der Waals surface area contributed by atoms with Crippen LogP contribution in [-0.4, -0.2) is 23.6 Å². The molecule has 1 aliphatic rings. The van der Waals surface area contributed by atoms with E-state index in [1.807, 2.05) is 13.0 Å². The van der Waals surface area contributed by atoms with Gasteiger partial charge in [-0.05, 0) is 43.4 Å². The van der Waals surface area contributed by atoms with Crippen LogP contribution in [0.1, 0.15) is 41.6 Å². The summed E-state index contributed by atoms with van der Waals surface area (Å²) in [4.78, 5) is 12.2. The van der Waals surface area contributed by atoms with Gasteiger partial charge < -0.3 is 16.2 Å². The fourth-order valence-corrected chi connectivity index (χ4v) is 2.81. The lowest BCUT2D eigenvalue weighted by atomic mass is 9.97. The Bertz CT molecular complexity index is 453. The number of phenols is 1. The second-order valence-electron chi connectivity index (χ2n) is 5.38. The summed E-state index contributed by atoms with van der Waals surface area (Å²) in [5.41, 5.74) is 7.02. The number of nitrogens with one attached hydrogen (secondary N) is 1. The van der Waals surface area contributed by atoms with Crippen molar-refractivity contribution in [3.63, 3.8) is 0 Å². The molecule has 4 heteroatoms. The van der Waals surface area contributed by atoms with Gasteiger partial charge in [0.2, 0.25) is 0 Å². The van der Waals surface area contributed by atoms with Gasteiger partial charge in [0.1, 0.15) is 5.75 Å². The molecule has 2 rings (SSSR count). The predicted octanol–water partition coefficient (Wildman–Crippen LogP) is 1.95. The van der Waals surface area contributed by atoms with Gasteiger partial charge in [-0.15, -0.1) is 0 Å². The number of hydrogen-bond acceptors (Lipinski definition) is 3. The molecule has 1 aliphatic carbocycles. The summed E-state index contributed by atoms with van der Waals surface area (Å²) in [6.07, 6.45) is 4.68. The Morgan fingerprint density at radius 3 is 2.74 bits per heavy atom. The Kier molecular flexibility index (Phi) is 4.43. The summed E-state index contributed by atoms with van der Waals surface area (Å²) in [5.74, 6) is 0.265. The molecular weight excluding hydrogens is 240 g/mol. The van der Waals surface area contributed by atoms with E-state index in [0.717, 1.165) is 18.4 Å². The highest BCUT2D eigenvalue weighted by Crippen LogP contribution is 2.28. The van der Waals surface area contributed by atoms with Crippen LogP contribution in [0.5, 0.6) is 5.75 Å². The van der Waals surface area contributed by atoms with Crippen molar-refractivity contribution in [3.8, 4) is 5.75 Å². The van der Waals surface area contributed by atoms with Gasteiger partial charge >= 0.3 is 0 Å². The smallest absolute Gasteiger partial charge is 0.255 e. The summed E-state index contributed by atoms with van der Waals surface area (Å²) >= 11 is 0. The summed E-state index contributed by atoms with van der Waals surface area (Å²) in [6.45, 7) is 2.33. The number of carbonyl (C=O) groups is 1. The van der Waals surface area contributed by atoms with Gasteiger partial charge in [-0.2, -0.15) is 0 Å². The van der Waals surface area contributed by atoms with Gasteiger partial charge in [0.25, 0.3) is 5.91 Å². The van der Waals surface area contributed by atoms with Crippen molar-refractivity contribution >= 4 is 5.91 Å². The van der Waals surface area contributed by atoms with Crippen LogP contribution in [0.25, 0.3) is 0 Å². The van der Waals surface area contributed by atoms with Gasteiger partial charge in [0, 0.05) is 12.6 Å². The standard InChI is InChI=1S/C15H22N2O2/c1-10-6-7-12(14(18)8-10)15(19)17-13(9-16)11-4-2-3-5-11/h6-8,11,13,18H,2-5,9,16H2,1H3,(H,17,19). The molecule has 4 N–H and O–H groups in total. The van der Waals surface area contributed by atoms with Gasteiger partial charge in [0.05, 0.1) is 5.56 Å². The van der Waals surface area contributed by atoms with Gasteiger partial charge in [-0.3, -0.25) is 4.79 Å². The second kappa shape index (κ2) is 6.06. The largest absolute Gasteiger partial charge is 0.507 e. The SMILES string of the molecule is Cc1ccc(C(=O)NC(CN)C2CCCC2)c(O)c1. The number of carbonyl (C=O) groups excluding carboxylic acids is 1. The molecule has 0 saturated heterocycles. The average molecular weight is 262 g/mol. The lowest BCUT2D eigenvalue weighted by Crippen LogP contribution is -2.44. The molecule has 19 heavy (non-hydrogen) atoms. The van der Waals surface area contributed by atoms with Crippen LogP contribution in [0, 0.1) is 12.8 Å². The highest BCUT2D eigenvalue weighted by Gasteiger charge is 2.26. The molecule has 1 aromatic rings. The van der Waals surface area contributed by atoms with Crippen LogP contribution in [0.4, 0.5) is 0 Å². The van der Waals surface area contributed by atoms with E-state index >= 15 is 0 Å². The van der Waals surface area contributed by atoms with Crippen LogP contribution in [0.15, 0.2) is 18.2 Å². The molecule has 1 saturated carbocycles. The fourth-order valence-electron chi connectivity index (χ4n) is 2.81. The molecule has 1 unspecified atom stereocenters. The third-order valence-corrected chi connectivity index (χ3v) is 3.94. The van der Waals surface area contributed by atoms with Gasteiger partial charge in [-0.25, -0.2) is 0 Å². The van der Waals surface area contributed by atoms with Crippen molar-refractivity contribution in [3.05, 3.63) is 29.3 Å². The van der Waals surface area contributed by atoms with Crippen molar-refractivity contribution in [2.45, 2.75) is 38.6 Å². The summed E-state index contributed by atoms with van der Waals surface area (Å²) in [7, 11) is 0. The molecule has 0 radical (unpaired) electrons. The normalized spacial score (nSPS) is 17.4. The molecule has 0 aromatic heterocycles. The highest BCUT2D eigenvalue weighted by molar-refractivity contribution is 5.97. The molecular formula is C15H22N2O2. The Morgan fingerprint density at radius 1 is 1.47 bits per heavy atom. The maximum absolute atomic E-state index is 12.2. The molecule has 0 bridgehead atoms. The zero-order valence-electron chi connectivity index (χ0n) is 11.4. The van der Waals surface area contributed by atoms with E-state index in [1.54, 1.807) is 12.1 Å². The van der Waals surface area contributed by atoms with Crippen LogP contribution in [0.2, 0.25) is 0 Å². The van der Waals surface area contributed by atoms with E-state index in [9.17, 15) is 9.90 Å². The number of aryl methyl sites for hydroxylation is 1. The topological polar surface area (TPSA) is 75.4 Å². The highest BCUT2D eigenvalue weighted by atomic mass is 16.3. The van der Waals surface area contributed by atoms with Crippen molar-refractivity contribution in [1.82, 2.24) is 5.32 Å². The van der Waals surface area contributed by atoms with Crippen LogP contribution in [-0.2, 0) is 0 Å². The van der Waals surface area contributed by atoms with Crippen LogP contribution < -0.4 is 11.1 Å². The van der Waals surface area contributed by atoms with Crippen LogP contribution >= 0.6 is 0 Å². The monoisotopic (exact) mass is 262 g/mol. The molecule has 0 heterocycles. The summed E-state index contributed by atoms with van der Waals surface area (Å²) < 4.78 is 0. The third kappa shape index (κ3) is 3.26. The van der Waals surface area contributed by atoms with Crippen molar-refractivity contribution in [2.75, 3.05) is 6.54 Å². The lowest BCUT2D eigenvalue weighted by Gasteiger charge is -2.23. The van der Waals surface area contributed by atoms with E-state index < -0.39 is 0 Å². The van der Waals surface area contributed by atoms with Crippen molar-refractivity contribution in [2.24, 2.45) is 11.7 Å². The Labute approximate surface area is 114 Å². The number of phenolic OH excluding ortho intramolecular Hbond substituents is 1. The van der Waals surface area contributed by atoms with Crippen LogP contribution in [0.3, 0.4) is 0 Å².